The second-order valence-corrected chi connectivity index (χ2v) is 10.9. The Kier molecular flexibility index (Phi) is 10.5. The first-order valence-electron chi connectivity index (χ1n) is 13.8. The molecule has 38 heavy (non-hydrogen) atoms. The molecule has 0 saturated carbocycles. The molecule has 8 nitrogen and oxygen atoms in total. The summed E-state index contributed by atoms with van der Waals surface area (Å²) in [5.41, 5.74) is 3.19. The minimum absolute atomic E-state index is 0.00259. The van der Waals surface area contributed by atoms with E-state index in [2.05, 4.69) is 51.0 Å². The van der Waals surface area contributed by atoms with E-state index in [-0.39, 0.29) is 18.4 Å². The van der Waals surface area contributed by atoms with Crippen molar-refractivity contribution in [1.29, 1.82) is 0 Å². The maximum Gasteiger partial charge on any atom is 0.333 e. The highest BCUT2D eigenvalue weighted by molar-refractivity contribution is 7.09. The molecule has 3 aromatic rings. The molecule has 0 aliphatic heterocycles. The molecule has 0 fully saturated rings. The summed E-state index contributed by atoms with van der Waals surface area (Å²) < 4.78 is 7.32. The topological polar surface area (TPSA) is 89.4 Å². The van der Waals surface area contributed by atoms with Crippen LogP contribution in [0.3, 0.4) is 0 Å². The van der Waals surface area contributed by atoms with E-state index in [0.29, 0.717) is 37.6 Å². The second-order valence-electron chi connectivity index (χ2n) is 9.84. The monoisotopic (exact) mass is 537 g/mol. The van der Waals surface area contributed by atoms with Gasteiger partial charge in [-0.15, -0.1) is 16.4 Å². The fourth-order valence-electron chi connectivity index (χ4n) is 5.17. The van der Waals surface area contributed by atoms with Gasteiger partial charge in [-0.3, -0.25) is 9.69 Å². The lowest BCUT2D eigenvalue weighted by Gasteiger charge is -2.35. The first-order chi connectivity index (χ1) is 18.6. The zero-order valence-electron chi connectivity index (χ0n) is 22.5. The van der Waals surface area contributed by atoms with Crippen molar-refractivity contribution in [3.63, 3.8) is 0 Å². The molecule has 0 radical (unpaired) electrons. The van der Waals surface area contributed by atoms with Crippen LogP contribution >= 0.6 is 11.3 Å². The van der Waals surface area contributed by atoms with Gasteiger partial charge in [-0.2, -0.15) is 0 Å². The Morgan fingerprint density at radius 1 is 1.18 bits per heavy atom. The van der Waals surface area contributed by atoms with Crippen molar-refractivity contribution in [2.24, 2.45) is 0 Å². The standard InChI is InChI=1S/C29H39N5O3S/c1-3-16-33(17-15-25-10-7-18-38-25)24-13-14-26-22(19-24)8-5-11-27(26)37-29(36)21-34-20-23(31-32-34)9-6-12-28(35)30-4-2/h5,7-8,10-11,18,20,24H,3-4,6,9,12-17,19,21H2,1-2H3,(H,30,35). The number of fused-ring (bicyclic) bond motifs is 1. The lowest BCUT2D eigenvalue weighted by molar-refractivity contribution is -0.135. The maximum absolute atomic E-state index is 12.7. The highest BCUT2D eigenvalue weighted by Crippen LogP contribution is 2.32. The Morgan fingerprint density at radius 2 is 2.08 bits per heavy atom. The third kappa shape index (κ3) is 7.98. The predicted molar refractivity (Wildman–Crippen MR) is 149 cm³/mol. The van der Waals surface area contributed by atoms with Gasteiger partial charge in [0.1, 0.15) is 12.3 Å². The number of nitrogens with one attached hydrogen (secondary N) is 1. The van der Waals surface area contributed by atoms with Crippen molar-refractivity contribution in [1.82, 2.24) is 25.2 Å². The van der Waals surface area contributed by atoms with Gasteiger partial charge in [-0.1, -0.05) is 30.3 Å². The zero-order chi connectivity index (χ0) is 26.7. The minimum atomic E-state index is -0.358. The molecule has 1 atom stereocenters. The molecule has 2 aromatic heterocycles. The summed E-state index contributed by atoms with van der Waals surface area (Å²) in [6, 6.07) is 10.9. The normalized spacial score (nSPS) is 14.9. The molecule has 4 rings (SSSR count). The highest BCUT2D eigenvalue weighted by atomic mass is 32.1. The molecule has 0 saturated heterocycles. The summed E-state index contributed by atoms with van der Waals surface area (Å²) in [4.78, 5) is 28.4. The highest BCUT2D eigenvalue weighted by Gasteiger charge is 2.26. The SMILES string of the molecule is CCCN(CCc1cccs1)C1CCc2c(cccc2OC(=O)Cn2cc(CCCC(=O)NCC)nn2)C1. The third-order valence-corrected chi connectivity index (χ3v) is 7.91. The quantitative estimate of drug-likeness (QED) is 0.245. The summed E-state index contributed by atoms with van der Waals surface area (Å²) in [6.07, 6.45) is 8.72. The van der Waals surface area contributed by atoms with E-state index >= 15 is 0 Å². The minimum Gasteiger partial charge on any atom is -0.425 e. The zero-order valence-corrected chi connectivity index (χ0v) is 23.3. The Morgan fingerprint density at radius 3 is 2.87 bits per heavy atom. The molecule has 0 bridgehead atoms. The summed E-state index contributed by atoms with van der Waals surface area (Å²) in [5.74, 6) is 0.342. The number of nitrogens with zero attached hydrogens (tertiary/aromatic N) is 4. The van der Waals surface area contributed by atoms with Crippen LogP contribution < -0.4 is 10.1 Å². The lowest BCUT2D eigenvalue weighted by Crippen LogP contribution is -2.41. The number of aryl methyl sites for hydroxylation is 1. The lowest BCUT2D eigenvalue weighted by atomic mass is 9.86. The van der Waals surface area contributed by atoms with Crippen LogP contribution in [0.15, 0.2) is 41.9 Å². The number of rotatable bonds is 14. The summed E-state index contributed by atoms with van der Waals surface area (Å²) in [5, 5.41) is 13.1. The fourth-order valence-corrected chi connectivity index (χ4v) is 5.86. The van der Waals surface area contributed by atoms with Gasteiger partial charge < -0.3 is 10.1 Å². The van der Waals surface area contributed by atoms with Gasteiger partial charge >= 0.3 is 5.97 Å². The average molecular weight is 538 g/mol. The number of hydrogen-bond acceptors (Lipinski definition) is 7. The largest absolute Gasteiger partial charge is 0.425 e. The molecule has 1 aliphatic rings. The van der Waals surface area contributed by atoms with Crippen molar-refractivity contribution in [2.45, 2.75) is 77.8 Å². The van der Waals surface area contributed by atoms with Crippen molar-refractivity contribution >= 4 is 23.2 Å². The van der Waals surface area contributed by atoms with Crippen molar-refractivity contribution in [2.75, 3.05) is 19.6 Å². The molecule has 1 unspecified atom stereocenters. The fraction of sp³-hybridized carbons (Fsp3) is 0.517. The Bertz CT molecular complexity index is 1180. The van der Waals surface area contributed by atoms with Crippen LogP contribution in [-0.4, -0.2) is 57.4 Å². The van der Waals surface area contributed by atoms with Crippen LogP contribution in [0.1, 0.15) is 61.2 Å². The molecular weight excluding hydrogens is 498 g/mol. The summed E-state index contributed by atoms with van der Waals surface area (Å²) in [7, 11) is 0. The molecule has 1 aliphatic carbocycles. The number of carbonyl (C=O) groups excluding carboxylic acids is 2. The molecule has 1 amide bonds. The van der Waals surface area contributed by atoms with Gasteiger partial charge in [0, 0.05) is 36.6 Å². The number of amides is 1. The van der Waals surface area contributed by atoms with E-state index in [9.17, 15) is 9.59 Å². The maximum atomic E-state index is 12.7. The van der Waals surface area contributed by atoms with Crippen LogP contribution in [0.25, 0.3) is 0 Å². The molecule has 204 valence electrons. The van der Waals surface area contributed by atoms with Gasteiger partial charge in [0.2, 0.25) is 5.91 Å². The van der Waals surface area contributed by atoms with Crippen molar-refractivity contribution < 1.29 is 14.3 Å². The van der Waals surface area contributed by atoms with Gasteiger partial charge in [0.05, 0.1) is 5.69 Å². The average Bonchev–Trinajstić information content (AvgIpc) is 3.59. The van der Waals surface area contributed by atoms with E-state index in [4.69, 9.17) is 4.74 Å². The van der Waals surface area contributed by atoms with Crippen LogP contribution in [0.5, 0.6) is 5.75 Å². The Labute approximate surface area is 229 Å². The van der Waals surface area contributed by atoms with Crippen LogP contribution in [0.2, 0.25) is 0 Å². The van der Waals surface area contributed by atoms with E-state index < -0.39 is 0 Å². The molecule has 0 spiro atoms. The summed E-state index contributed by atoms with van der Waals surface area (Å²) >= 11 is 1.83. The van der Waals surface area contributed by atoms with E-state index in [1.807, 2.05) is 30.4 Å². The van der Waals surface area contributed by atoms with Crippen molar-refractivity contribution in [3.8, 4) is 5.75 Å². The summed E-state index contributed by atoms with van der Waals surface area (Å²) in [6.45, 7) is 6.97. The van der Waals surface area contributed by atoms with Crippen LogP contribution in [0, 0.1) is 0 Å². The molecule has 2 heterocycles. The molecule has 9 heteroatoms. The van der Waals surface area contributed by atoms with E-state index in [0.717, 1.165) is 56.5 Å². The number of benzene rings is 1. The van der Waals surface area contributed by atoms with Crippen LogP contribution in [0.4, 0.5) is 0 Å². The van der Waals surface area contributed by atoms with Gasteiger partial charge in [-0.05, 0) is 87.1 Å². The first-order valence-corrected chi connectivity index (χ1v) is 14.7. The number of aromatic nitrogens is 3. The number of thiophene rings is 1. The molecule has 1 aromatic carbocycles. The third-order valence-electron chi connectivity index (χ3n) is 6.98. The first kappa shape index (κ1) is 28.0. The molecule has 1 N–H and O–H groups in total. The Hall–Kier alpha value is -3.04. The smallest absolute Gasteiger partial charge is 0.333 e. The van der Waals surface area contributed by atoms with Crippen LogP contribution in [-0.2, 0) is 41.8 Å². The van der Waals surface area contributed by atoms with Gasteiger partial charge in [0.25, 0.3) is 0 Å². The van der Waals surface area contributed by atoms with E-state index in [1.54, 1.807) is 6.20 Å². The second kappa shape index (κ2) is 14.2. The number of hydrogen-bond donors (Lipinski definition) is 1. The predicted octanol–water partition coefficient (Wildman–Crippen LogP) is 4.22. The molecular formula is C29H39N5O3S. The van der Waals surface area contributed by atoms with Crippen molar-refractivity contribution in [3.05, 3.63) is 63.6 Å². The van der Waals surface area contributed by atoms with E-state index in [1.165, 1.54) is 15.1 Å². The Balaban J connectivity index is 1.30. The van der Waals surface area contributed by atoms with Gasteiger partial charge in [0.15, 0.2) is 0 Å². The van der Waals surface area contributed by atoms with Gasteiger partial charge in [-0.25, -0.2) is 9.48 Å². The number of esters is 1. The number of ether oxygens (including phenoxy) is 1. The number of carbonyl (C=O) groups is 2.